The van der Waals surface area contributed by atoms with Crippen LogP contribution in [0.3, 0.4) is 0 Å². The first-order valence-electron chi connectivity index (χ1n) is 11.6. The van der Waals surface area contributed by atoms with Gasteiger partial charge in [-0.05, 0) is 27.8 Å². The third-order valence-electron chi connectivity index (χ3n) is 6.35. The average Bonchev–Trinajstić information content (AvgIpc) is 3.14. The molecule has 1 aliphatic heterocycles. The first kappa shape index (κ1) is 22.9. The SMILES string of the molecule is CC(C)(C)C(O[SiH](c1ccccc1)c1ccccc1)[C@@H]1C[C@@H](O)CN1Cc1ccccc1. The van der Waals surface area contributed by atoms with Gasteiger partial charge in [-0.25, -0.2) is 0 Å². The Labute approximate surface area is 194 Å². The number of aliphatic hydroxyl groups excluding tert-OH is 1. The van der Waals surface area contributed by atoms with E-state index >= 15 is 0 Å². The van der Waals surface area contributed by atoms with E-state index in [-0.39, 0.29) is 23.7 Å². The molecule has 1 heterocycles. The maximum absolute atomic E-state index is 10.6. The second kappa shape index (κ2) is 10.1. The van der Waals surface area contributed by atoms with Crippen LogP contribution in [-0.2, 0) is 11.0 Å². The topological polar surface area (TPSA) is 32.7 Å². The molecule has 4 heteroatoms. The molecular formula is C28H35NO2Si. The molecule has 1 saturated heterocycles. The molecule has 0 bridgehead atoms. The molecule has 168 valence electrons. The highest BCUT2D eigenvalue weighted by Gasteiger charge is 2.43. The molecule has 1 N–H and O–H groups in total. The summed E-state index contributed by atoms with van der Waals surface area (Å²) in [5, 5.41) is 13.2. The summed E-state index contributed by atoms with van der Waals surface area (Å²) in [7, 11) is -1.91. The number of aliphatic hydroxyl groups is 1. The molecule has 3 nitrogen and oxygen atoms in total. The van der Waals surface area contributed by atoms with Gasteiger partial charge in [0.15, 0.2) is 0 Å². The molecule has 1 unspecified atom stereocenters. The molecule has 3 aromatic rings. The third kappa shape index (κ3) is 5.57. The van der Waals surface area contributed by atoms with E-state index in [4.69, 9.17) is 4.43 Å². The Balaban J connectivity index is 1.66. The first-order valence-corrected chi connectivity index (χ1v) is 13.3. The largest absolute Gasteiger partial charge is 0.406 e. The Morgan fingerprint density at radius 2 is 1.38 bits per heavy atom. The molecule has 3 aromatic carbocycles. The van der Waals surface area contributed by atoms with Crippen LogP contribution in [0.15, 0.2) is 91.0 Å². The van der Waals surface area contributed by atoms with Crippen LogP contribution in [0.25, 0.3) is 0 Å². The first-order chi connectivity index (χ1) is 15.4. The standard InChI is InChI=1S/C28H35NO2Si/c1-28(2,3)27(26-19-23(30)21-29(26)20-22-13-7-4-8-14-22)31-32(24-15-9-5-10-16-24)25-17-11-6-12-18-25/h4-18,23,26-27,30,32H,19-21H2,1-3H3/t23-,26+,27?/m1/s1. The molecule has 3 atom stereocenters. The van der Waals surface area contributed by atoms with Crippen molar-refractivity contribution < 1.29 is 9.53 Å². The zero-order valence-corrected chi connectivity index (χ0v) is 20.5. The highest BCUT2D eigenvalue weighted by molar-refractivity contribution is 6.80. The lowest BCUT2D eigenvalue weighted by Gasteiger charge is -2.41. The highest BCUT2D eigenvalue weighted by Crippen LogP contribution is 2.34. The highest BCUT2D eigenvalue weighted by atomic mass is 28.3. The van der Waals surface area contributed by atoms with Crippen LogP contribution in [0.5, 0.6) is 0 Å². The van der Waals surface area contributed by atoms with E-state index in [1.807, 2.05) is 0 Å². The van der Waals surface area contributed by atoms with Gasteiger partial charge in [-0.3, -0.25) is 4.90 Å². The van der Waals surface area contributed by atoms with Gasteiger partial charge in [-0.1, -0.05) is 112 Å². The van der Waals surface area contributed by atoms with Gasteiger partial charge in [0, 0.05) is 19.1 Å². The second-order valence-electron chi connectivity index (χ2n) is 10.00. The van der Waals surface area contributed by atoms with Gasteiger partial charge in [0.1, 0.15) is 0 Å². The zero-order chi connectivity index (χ0) is 22.6. The molecule has 32 heavy (non-hydrogen) atoms. The molecule has 4 rings (SSSR count). The summed E-state index contributed by atoms with van der Waals surface area (Å²) in [6.07, 6.45) is 0.450. The number of hydrogen-bond donors (Lipinski definition) is 1. The summed E-state index contributed by atoms with van der Waals surface area (Å²) in [6.45, 7) is 8.33. The van der Waals surface area contributed by atoms with E-state index in [9.17, 15) is 5.11 Å². The van der Waals surface area contributed by atoms with E-state index in [2.05, 4.69) is 117 Å². The van der Waals surface area contributed by atoms with Crippen molar-refractivity contribution in [1.29, 1.82) is 0 Å². The van der Waals surface area contributed by atoms with Crippen molar-refractivity contribution in [3.05, 3.63) is 96.6 Å². The Bertz CT molecular complexity index is 919. The van der Waals surface area contributed by atoms with Gasteiger partial charge in [0.25, 0.3) is 0 Å². The van der Waals surface area contributed by atoms with E-state index in [0.29, 0.717) is 6.54 Å². The molecule has 0 spiro atoms. The molecular weight excluding hydrogens is 410 g/mol. The van der Waals surface area contributed by atoms with Gasteiger partial charge >= 0.3 is 0 Å². The summed E-state index contributed by atoms with van der Waals surface area (Å²) in [5.74, 6) is 0. The van der Waals surface area contributed by atoms with Gasteiger partial charge in [0.05, 0.1) is 12.2 Å². The average molecular weight is 446 g/mol. The number of nitrogens with zero attached hydrogens (tertiary/aromatic N) is 1. The third-order valence-corrected chi connectivity index (χ3v) is 8.89. The summed E-state index contributed by atoms with van der Waals surface area (Å²) >= 11 is 0. The van der Waals surface area contributed by atoms with Gasteiger partial charge < -0.3 is 9.53 Å². The van der Waals surface area contributed by atoms with Crippen molar-refractivity contribution in [2.75, 3.05) is 6.54 Å². The minimum atomic E-state index is -1.91. The lowest BCUT2D eigenvalue weighted by molar-refractivity contribution is 0.0129. The number of benzene rings is 3. The predicted octanol–water partition coefficient (Wildman–Crippen LogP) is 3.59. The smallest absolute Gasteiger partial charge is 0.240 e. The van der Waals surface area contributed by atoms with E-state index in [1.165, 1.54) is 15.9 Å². The molecule has 0 aromatic heterocycles. The molecule has 0 aliphatic carbocycles. The zero-order valence-electron chi connectivity index (χ0n) is 19.4. The Kier molecular flexibility index (Phi) is 7.26. The fourth-order valence-corrected chi connectivity index (χ4v) is 7.57. The summed E-state index contributed by atoms with van der Waals surface area (Å²) < 4.78 is 7.17. The summed E-state index contributed by atoms with van der Waals surface area (Å²) in [4.78, 5) is 2.43. The number of hydrogen-bond acceptors (Lipinski definition) is 3. The fourth-order valence-electron chi connectivity index (χ4n) is 4.85. The van der Waals surface area contributed by atoms with Crippen LogP contribution in [0, 0.1) is 5.41 Å². The van der Waals surface area contributed by atoms with E-state index < -0.39 is 9.04 Å². The van der Waals surface area contributed by atoms with Crippen LogP contribution >= 0.6 is 0 Å². The molecule has 0 radical (unpaired) electrons. The van der Waals surface area contributed by atoms with Crippen molar-refractivity contribution in [2.24, 2.45) is 5.41 Å². The van der Waals surface area contributed by atoms with Gasteiger partial charge in [0.2, 0.25) is 9.04 Å². The Morgan fingerprint density at radius 1 is 0.875 bits per heavy atom. The quantitative estimate of drug-likeness (QED) is 0.564. The van der Waals surface area contributed by atoms with Crippen LogP contribution in [-0.4, -0.2) is 43.8 Å². The fraction of sp³-hybridized carbons (Fsp3) is 0.357. The molecule has 1 aliphatic rings. The molecule has 0 amide bonds. The van der Waals surface area contributed by atoms with Crippen molar-refractivity contribution in [2.45, 2.75) is 52.0 Å². The second-order valence-corrected chi connectivity index (χ2v) is 12.4. The maximum atomic E-state index is 10.6. The van der Waals surface area contributed by atoms with Crippen molar-refractivity contribution >= 4 is 19.4 Å². The summed E-state index contributed by atoms with van der Waals surface area (Å²) in [5.41, 5.74) is 1.22. The summed E-state index contributed by atoms with van der Waals surface area (Å²) in [6, 6.07) is 32.1. The van der Waals surface area contributed by atoms with Crippen molar-refractivity contribution in [1.82, 2.24) is 4.90 Å². The van der Waals surface area contributed by atoms with Crippen molar-refractivity contribution in [3.63, 3.8) is 0 Å². The van der Waals surface area contributed by atoms with Crippen LogP contribution in [0.2, 0.25) is 0 Å². The van der Waals surface area contributed by atoms with Crippen molar-refractivity contribution in [3.8, 4) is 0 Å². The number of rotatable bonds is 7. The van der Waals surface area contributed by atoms with Crippen LogP contribution < -0.4 is 10.4 Å². The lowest BCUT2D eigenvalue weighted by Crippen LogP contribution is -2.55. The molecule has 1 fully saturated rings. The maximum Gasteiger partial charge on any atom is 0.240 e. The van der Waals surface area contributed by atoms with Crippen LogP contribution in [0.4, 0.5) is 0 Å². The van der Waals surface area contributed by atoms with Crippen LogP contribution in [0.1, 0.15) is 32.8 Å². The Morgan fingerprint density at radius 3 is 1.88 bits per heavy atom. The number of likely N-dealkylation sites (tertiary alicyclic amines) is 1. The van der Waals surface area contributed by atoms with E-state index in [1.54, 1.807) is 0 Å². The van der Waals surface area contributed by atoms with Gasteiger partial charge in [-0.2, -0.15) is 0 Å². The minimum Gasteiger partial charge on any atom is -0.406 e. The predicted molar refractivity (Wildman–Crippen MR) is 135 cm³/mol. The minimum absolute atomic E-state index is 0.0143. The van der Waals surface area contributed by atoms with Gasteiger partial charge in [-0.15, -0.1) is 0 Å². The van der Waals surface area contributed by atoms with E-state index in [0.717, 1.165) is 13.0 Å². The molecule has 0 saturated carbocycles. The monoisotopic (exact) mass is 445 g/mol. The lowest BCUT2D eigenvalue weighted by atomic mass is 9.83. The normalized spacial score (nSPS) is 20.5. The Hall–Kier alpha value is -2.24. The number of β-amino-alcohol motifs (C(OH)–C–C–N with tert-alkyl or cyclic N) is 1.